The van der Waals surface area contributed by atoms with E-state index in [1.807, 2.05) is 0 Å². The second kappa shape index (κ2) is 9.86. The van der Waals surface area contributed by atoms with Crippen molar-refractivity contribution in [3.8, 4) is 11.5 Å². The molecule has 1 aromatic carbocycles. The van der Waals surface area contributed by atoms with Gasteiger partial charge in [0.15, 0.2) is 11.5 Å². The Hall–Kier alpha value is -2.68. The number of nitrogens with zero attached hydrogens (tertiary/aromatic N) is 1. The van der Waals surface area contributed by atoms with Crippen LogP contribution in [0.25, 0.3) is 0 Å². The maximum absolute atomic E-state index is 12.3. The van der Waals surface area contributed by atoms with Gasteiger partial charge in [-0.3, -0.25) is 4.79 Å². The van der Waals surface area contributed by atoms with E-state index in [-0.39, 0.29) is 42.7 Å². The molecule has 0 aromatic heterocycles. The molecule has 1 heterocycles. The van der Waals surface area contributed by atoms with Gasteiger partial charge in [-0.25, -0.2) is 9.59 Å². The molecule has 8 nitrogen and oxygen atoms in total. The van der Waals surface area contributed by atoms with Crippen molar-refractivity contribution in [3.05, 3.63) is 34.9 Å². The highest BCUT2D eigenvalue weighted by Gasteiger charge is 2.28. The van der Waals surface area contributed by atoms with Gasteiger partial charge >= 0.3 is 11.9 Å². The van der Waals surface area contributed by atoms with E-state index in [0.29, 0.717) is 10.8 Å². The van der Waals surface area contributed by atoms with Gasteiger partial charge in [-0.1, -0.05) is 17.8 Å². The number of rotatable bonds is 8. The van der Waals surface area contributed by atoms with E-state index in [2.05, 4.69) is 0 Å². The molecule has 0 aliphatic carbocycles. The first-order chi connectivity index (χ1) is 13.0. The van der Waals surface area contributed by atoms with Crippen molar-refractivity contribution in [2.24, 2.45) is 0 Å². The lowest BCUT2D eigenvalue weighted by molar-refractivity contribution is -0.137. The van der Waals surface area contributed by atoms with Crippen LogP contribution in [0, 0.1) is 0 Å². The van der Waals surface area contributed by atoms with Crippen molar-refractivity contribution >= 4 is 29.6 Å². The summed E-state index contributed by atoms with van der Waals surface area (Å²) in [6.07, 6.45) is 1.27. The summed E-state index contributed by atoms with van der Waals surface area (Å²) in [5, 5.41) is 0.480. The van der Waals surface area contributed by atoms with Crippen LogP contribution in [0.15, 0.2) is 29.3 Å². The third kappa shape index (κ3) is 5.16. The molecule has 0 unspecified atom stereocenters. The molecule has 1 aliphatic rings. The Kier molecular flexibility index (Phi) is 7.54. The smallest absolute Gasteiger partial charge is 0.342 e. The Morgan fingerprint density at radius 2 is 2.00 bits per heavy atom. The van der Waals surface area contributed by atoms with Crippen molar-refractivity contribution in [2.75, 3.05) is 39.7 Å². The summed E-state index contributed by atoms with van der Waals surface area (Å²) in [4.78, 5) is 37.3. The molecule has 0 bridgehead atoms. The largest absolute Gasteiger partial charge is 0.493 e. The highest BCUT2D eigenvalue weighted by Crippen LogP contribution is 2.31. The van der Waals surface area contributed by atoms with Crippen LogP contribution in [0.2, 0.25) is 0 Å². The minimum Gasteiger partial charge on any atom is -0.493 e. The van der Waals surface area contributed by atoms with Crippen LogP contribution in [0.3, 0.4) is 0 Å². The number of methoxy groups -OCH3 is 2. The van der Waals surface area contributed by atoms with Gasteiger partial charge in [0, 0.05) is 0 Å². The van der Waals surface area contributed by atoms with E-state index in [1.54, 1.807) is 25.1 Å². The fourth-order valence-electron chi connectivity index (χ4n) is 2.41. The maximum Gasteiger partial charge on any atom is 0.342 e. The molecule has 1 fully saturated rings. The van der Waals surface area contributed by atoms with E-state index in [0.717, 1.165) is 0 Å². The van der Waals surface area contributed by atoms with Gasteiger partial charge in [0.25, 0.3) is 0 Å². The average Bonchev–Trinajstić information content (AvgIpc) is 3.00. The number of benzene rings is 1. The summed E-state index contributed by atoms with van der Waals surface area (Å²) in [5.41, 5.74) is 0.223. The van der Waals surface area contributed by atoms with Crippen LogP contribution in [0.5, 0.6) is 11.5 Å². The molecular weight excluding hydrogens is 374 g/mol. The molecule has 0 N–H and O–H groups in total. The van der Waals surface area contributed by atoms with Crippen LogP contribution >= 0.6 is 11.8 Å². The first-order valence-corrected chi connectivity index (χ1v) is 9.20. The predicted octanol–water partition coefficient (Wildman–Crippen LogP) is 1.84. The zero-order valence-corrected chi connectivity index (χ0v) is 16.2. The lowest BCUT2D eigenvalue weighted by atomic mass is 10.2. The summed E-state index contributed by atoms with van der Waals surface area (Å²) in [6.45, 7) is 2.05. The number of hydrogen-bond acceptors (Lipinski definition) is 8. The highest BCUT2D eigenvalue weighted by molar-refractivity contribution is 8.04. The Morgan fingerprint density at radius 1 is 1.22 bits per heavy atom. The van der Waals surface area contributed by atoms with E-state index in [4.69, 9.17) is 18.9 Å². The Bertz CT molecular complexity index is 747. The Balaban J connectivity index is 2.00. The normalized spacial score (nSPS) is 15.0. The monoisotopic (exact) mass is 395 g/mol. The van der Waals surface area contributed by atoms with E-state index >= 15 is 0 Å². The first-order valence-electron chi connectivity index (χ1n) is 8.21. The van der Waals surface area contributed by atoms with Crippen molar-refractivity contribution in [1.29, 1.82) is 0 Å². The van der Waals surface area contributed by atoms with E-state index in [9.17, 15) is 14.4 Å². The predicted molar refractivity (Wildman–Crippen MR) is 98.7 cm³/mol. The lowest BCUT2D eigenvalue weighted by Gasteiger charge is -2.17. The van der Waals surface area contributed by atoms with Crippen LogP contribution < -0.4 is 9.47 Å². The van der Waals surface area contributed by atoms with Gasteiger partial charge in [-0.15, -0.1) is 0 Å². The number of amides is 1. The second-order valence-corrected chi connectivity index (χ2v) is 6.24. The first kappa shape index (κ1) is 20.6. The van der Waals surface area contributed by atoms with Gasteiger partial charge in [-0.05, 0) is 19.1 Å². The fraction of sp³-hybridized carbons (Fsp3) is 0.389. The summed E-state index contributed by atoms with van der Waals surface area (Å²) < 4.78 is 20.5. The van der Waals surface area contributed by atoms with Gasteiger partial charge in [0.1, 0.15) is 12.2 Å². The molecule has 0 saturated carbocycles. The minimum absolute atomic E-state index is 0.0360. The molecular formula is C18H21NO7S. The summed E-state index contributed by atoms with van der Waals surface area (Å²) >= 11 is 1.24. The Morgan fingerprint density at radius 3 is 2.67 bits per heavy atom. The minimum atomic E-state index is -0.596. The number of hydrogen-bond donors (Lipinski definition) is 0. The number of thioether (sulfide) groups is 1. The van der Waals surface area contributed by atoms with Gasteiger partial charge < -0.3 is 23.8 Å². The summed E-state index contributed by atoms with van der Waals surface area (Å²) in [6, 6.07) is 4.88. The third-order valence-electron chi connectivity index (χ3n) is 3.61. The molecule has 1 amide bonds. The van der Waals surface area contributed by atoms with Crippen LogP contribution in [-0.2, 0) is 19.1 Å². The summed E-state index contributed by atoms with van der Waals surface area (Å²) in [7, 11) is 2.90. The topological polar surface area (TPSA) is 91.4 Å². The quantitative estimate of drug-likeness (QED) is 0.486. The molecule has 1 aromatic rings. The van der Waals surface area contributed by atoms with E-state index < -0.39 is 11.9 Å². The zero-order valence-electron chi connectivity index (χ0n) is 15.4. The molecule has 2 rings (SSSR count). The zero-order chi connectivity index (χ0) is 19.8. The van der Waals surface area contributed by atoms with Gasteiger partial charge in [0.05, 0.1) is 44.2 Å². The van der Waals surface area contributed by atoms with Crippen LogP contribution in [-0.4, -0.2) is 62.5 Å². The van der Waals surface area contributed by atoms with Crippen molar-refractivity contribution in [1.82, 2.24) is 4.90 Å². The molecule has 146 valence electrons. The average molecular weight is 395 g/mol. The number of carbonyl (C=O) groups is 3. The number of para-hydroxylation sites is 1. The molecule has 27 heavy (non-hydrogen) atoms. The molecule has 1 saturated heterocycles. The fourth-order valence-corrected chi connectivity index (χ4v) is 3.36. The molecule has 1 aliphatic heterocycles. The number of esters is 2. The summed E-state index contributed by atoms with van der Waals surface area (Å²) in [5.74, 6) is -0.356. The lowest BCUT2D eigenvalue weighted by Crippen LogP contribution is -2.29. The van der Waals surface area contributed by atoms with Crippen molar-refractivity contribution in [3.63, 3.8) is 0 Å². The second-order valence-electron chi connectivity index (χ2n) is 5.25. The SMILES string of the molecule is CCOC(=O)/C=C1\SCC(=O)N1CCOC(=O)c1cccc(OC)c1OC. The third-order valence-corrected chi connectivity index (χ3v) is 4.63. The molecule has 0 spiro atoms. The standard InChI is InChI=1S/C18H21NO7S/c1-4-25-16(21)10-15-19(14(20)11-27-15)8-9-26-18(22)12-6-5-7-13(23-2)17(12)24-3/h5-7,10H,4,8-9,11H2,1-3H3/b15-10-. The molecule has 0 atom stereocenters. The molecule has 0 radical (unpaired) electrons. The van der Waals surface area contributed by atoms with Crippen molar-refractivity contribution in [2.45, 2.75) is 6.92 Å². The van der Waals surface area contributed by atoms with Crippen LogP contribution in [0.4, 0.5) is 0 Å². The molecule has 9 heteroatoms. The van der Waals surface area contributed by atoms with Crippen molar-refractivity contribution < 1.29 is 33.3 Å². The van der Waals surface area contributed by atoms with Crippen LogP contribution in [0.1, 0.15) is 17.3 Å². The highest BCUT2D eigenvalue weighted by atomic mass is 32.2. The number of ether oxygens (including phenoxy) is 4. The number of carbonyl (C=O) groups excluding carboxylic acids is 3. The maximum atomic E-state index is 12.3. The van der Waals surface area contributed by atoms with E-state index in [1.165, 1.54) is 37.0 Å². The van der Waals surface area contributed by atoms with Gasteiger partial charge in [-0.2, -0.15) is 0 Å². The van der Waals surface area contributed by atoms with Gasteiger partial charge in [0.2, 0.25) is 5.91 Å². The Labute approximate surface area is 161 Å².